The van der Waals surface area contributed by atoms with Gasteiger partial charge in [0.25, 0.3) is 0 Å². The molecule has 0 aromatic heterocycles. The Hall–Kier alpha value is -1.06. The van der Waals surface area contributed by atoms with Gasteiger partial charge in [-0.3, -0.25) is 0 Å². The zero-order chi connectivity index (χ0) is 15.8. The molecule has 0 spiro atoms. The molecule has 22 heavy (non-hydrogen) atoms. The molecule has 1 aromatic rings. The molecule has 0 aliphatic carbocycles. The predicted molar refractivity (Wildman–Crippen MR) is 91.7 cm³/mol. The van der Waals surface area contributed by atoms with E-state index < -0.39 is 0 Å². The van der Waals surface area contributed by atoms with Crippen molar-refractivity contribution in [1.82, 2.24) is 5.32 Å². The third-order valence-electron chi connectivity index (χ3n) is 4.59. The van der Waals surface area contributed by atoms with Crippen molar-refractivity contribution in [3.8, 4) is 5.75 Å². The van der Waals surface area contributed by atoms with Crippen LogP contribution in [0.15, 0.2) is 24.3 Å². The van der Waals surface area contributed by atoms with Crippen molar-refractivity contribution >= 4 is 0 Å². The fourth-order valence-corrected chi connectivity index (χ4v) is 3.12. The number of benzene rings is 1. The monoisotopic (exact) mass is 305 g/mol. The maximum atomic E-state index is 5.60. The Morgan fingerprint density at radius 2 is 1.86 bits per heavy atom. The summed E-state index contributed by atoms with van der Waals surface area (Å²) < 4.78 is 11.2. The quantitative estimate of drug-likeness (QED) is 0.742. The maximum absolute atomic E-state index is 5.60. The summed E-state index contributed by atoms with van der Waals surface area (Å²) in [4.78, 5) is 0. The summed E-state index contributed by atoms with van der Waals surface area (Å²) in [5.41, 5.74) is 1.62. The SMILES string of the molecule is CCOc1ccc(C2(CNCCC(C)C)CCOCC2)cc1. The lowest BCUT2D eigenvalue weighted by molar-refractivity contribution is 0.0498. The van der Waals surface area contributed by atoms with Gasteiger partial charge in [0.05, 0.1) is 6.61 Å². The van der Waals surface area contributed by atoms with Gasteiger partial charge in [-0.15, -0.1) is 0 Å². The minimum Gasteiger partial charge on any atom is -0.494 e. The van der Waals surface area contributed by atoms with Gasteiger partial charge in [-0.25, -0.2) is 0 Å². The summed E-state index contributed by atoms with van der Waals surface area (Å²) in [5.74, 6) is 1.71. The molecule has 1 N–H and O–H groups in total. The van der Waals surface area contributed by atoms with E-state index in [1.165, 1.54) is 12.0 Å². The Bertz CT molecular complexity index is 422. The molecule has 0 saturated carbocycles. The van der Waals surface area contributed by atoms with E-state index in [0.29, 0.717) is 0 Å². The van der Waals surface area contributed by atoms with Gasteiger partial charge in [0.1, 0.15) is 5.75 Å². The molecule has 0 atom stereocenters. The molecule has 1 aliphatic heterocycles. The van der Waals surface area contributed by atoms with Gasteiger partial charge < -0.3 is 14.8 Å². The van der Waals surface area contributed by atoms with Gasteiger partial charge >= 0.3 is 0 Å². The predicted octanol–water partition coefficient (Wildman–Crippen LogP) is 3.77. The Balaban J connectivity index is 2.03. The number of hydrogen-bond acceptors (Lipinski definition) is 3. The van der Waals surface area contributed by atoms with Gasteiger partial charge in [0.15, 0.2) is 0 Å². The summed E-state index contributed by atoms with van der Waals surface area (Å²) >= 11 is 0. The zero-order valence-electron chi connectivity index (χ0n) is 14.4. The highest BCUT2D eigenvalue weighted by Crippen LogP contribution is 2.35. The smallest absolute Gasteiger partial charge is 0.119 e. The van der Waals surface area contributed by atoms with Crippen LogP contribution in [0.25, 0.3) is 0 Å². The molecular weight excluding hydrogens is 274 g/mol. The first-order chi connectivity index (χ1) is 10.7. The average Bonchev–Trinajstić information content (AvgIpc) is 2.53. The van der Waals surface area contributed by atoms with Crippen LogP contribution in [0.3, 0.4) is 0 Å². The van der Waals surface area contributed by atoms with E-state index >= 15 is 0 Å². The fraction of sp³-hybridized carbons (Fsp3) is 0.684. The average molecular weight is 305 g/mol. The van der Waals surface area contributed by atoms with E-state index in [4.69, 9.17) is 9.47 Å². The maximum Gasteiger partial charge on any atom is 0.119 e. The van der Waals surface area contributed by atoms with Crippen molar-refractivity contribution in [2.45, 2.75) is 45.4 Å². The molecule has 0 bridgehead atoms. The lowest BCUT2D eigenvalue weighted by Crippen LogP contribution is -2.43. The third-order valence-corrected chi connectivity index (χ3v) is 4.59. The lowest BCUT2D eigenvalue weighted by atomic mass is 9.74. The van der Waals surface area contributed by atoms with E-state index in [1.807, 2.05) is 6.92 Å². The number of rotatable bonds is 8. The van der Waals surface area contributed by atoms with Crippen LogP contribution < -0.4 is 10.1 Å². The Morgan fingerprint density at radius 3 is 2.45 bits per heavy atom. The molecule has 3 heteroatoms. The largest absolute Gasteiger partial charge is 0.494 e. The summed E-state index contributed by atoms with van der Waals surface area (Å²) in [6, 6.07) is 8.68. The molecule has 0 radical (unpaired) electrons. The van der Waals surface area contributed by atoms with Crippen LogP contribution in [0.1, 0.15) is 45.6 Å². The molecule has 1 aliphatic rings. The van der Waals surface area contributed by atoms with Gasteiger partial charge in [-0.2, -0.15) is 0 Å². The zero-order valence-corrected chi connectivity index (χ0v) is 14.4. The third kappa shape index (κ3) is 4.72. The van der Waals surface area contributed by atoms with Crippen LogP contribution in [0, 0.1) is 5.92 Å². The van der Waals surface area contributed by atoms with E-state index in [1.54, 1.807) is 0 Å². The number of hydrogen-bond donors (Lipinski definition) is 1. The second-order valence-corrected chi connectivity index (χ2v) is 6.71. The van der Waals surface area contributed by atoms with Crippen LogP contribution in [-0.4, -0.2) is 32.9 Å². The normalized spacial score (nSPS) is 17.6. The molecular formula is C19H31NO2. The molecule has 0 amide bonds. The number of ether oxygens (including phenoxy) is 2. The highest BCUT2D eigenvalue weighted by molar-refractivity contribution is 5.33. The van der Waals surface area contributed by atoms with Gasteiger partial charge in [0.2, 0.25) is 0 Å². The topological polar surface area (TPSA) is 30.5 Å². The highest BCUT2D eigenvalue weighted by Gasteiger charge is 2.34. The van der Waals surface area contributed by atoms with Gasteiger partial charge in [-0.05, 0) is 56.3 Å². The van der Waals surface area contributed by atoms with Gasteiger partial charge in [-0.1, -0.05) is 26.0 Å². The second-order valence-electron chi connectivity index (χ2n) is 6.71. The summed E-state index contributed by atoms with van der Waals surface area (Å²) in [6.07, 6.45) is 3.42. The molecule has 1 heterocycles. The van der Waals surface area contributed by atoms with Crippen molar-refractivity contribution in [3.05, 3.63) is 29.8 Å². The van der Waals surface area contributed by atoms with Crippen molar-refractivity contribution in [3.63, 3.8) is 0 Å². The first kappa shape index (κ1) is 17.3. The molecule has 1 saturated heterocycles. The van der Waals surface area contributed by atoms with Gasteiger partial charge in [0, 0.05) is 25.2 Å². The van der Waals surface area contributed by atoms with E-state index in [9.17, 15) is 0 Å². The van der Waals surface area contributed by atoms with Crippen LogP contribution in [0.4, 0.5) is 0 Å². The lowest BCUT2D eigenvalue weighted by Gasteiger charge is -2.38. The Kier molecular flexibility index (Phi) is 6.71. The van der Waals surface area contributed by atoms with Crippen LogP contribution >= 0.6 is 0 Å². The Labute approximate surface area is 135 Å². The van der Waals surface area contributed by atoms with Crippen molar-refractivity contribution in [2.24, 2.45) is 5.92 Å². The molecule has 1 aromatic carbocycles. The molecule has 2 rings (SSSR count). The number of nitrogens with one attached hydrogen (secondary N) is 1. The first-order valence-electron chi connectivity index (χ1n) is 8.68. The minimum atomic E-state index is 0.208. The van der Waals surface area contributed by atoms with Crippen molar-refractivity contribution in [1.29, 1.82) is 0 Å². The van der Waals surface area contributed by atoms with Crippen LogP contribution in [0.2, 0.25) is 0 Å². The summed E-state index contributed by atoms with van der Waals surface area (Å²) in [7, 11) is 0. The highest BCUT2D eigenvalue weighted by atomic mass is 16.5. The van der Waals surface area contributed by atoms with E-state index in [-0.39, 0.29) is 5.41 Å². The first-order valence-corrected chi connectivity index (χ1v) is 8.68. The van der Waals surface area contributed by atoms with Crippen LogP contribution in [0.5, 0.6) is 5.75 Å². The van der Waals surface area contributed by atoms with Crippen LogP contribution in [-0.2, 0) is 10.2 Å². The molecule has 1 fully saturated rings. The second kappa shape index (κ2) is 8.54. The molecule has 0 unspecified atom stereocenters. The minimum absolute atomic E-state index is 0.208. The Morgan fingerprint density at radius 1 is 1.18 bits per heavy atom. The van der Waals surface area contributed by atoms with E-state index in [2.05, 4.69) is 43.4 Å². The van der Waals surface area contributed by atoms with E-state index in [0.717, 1.165) is 57.4 Å². The van der Waals surface area contributed by atoms with Crippen molar-refractivity contribution < 1.29 is 9.47 Å². The molecule has 3 nitrogen and oxygen atoms in total. The van der Waals surface area contributed by atoms with Crippen molar-refractivity contribution in [2.75, 3.05) is 32.9 Å². The summed E-state index contributed by atoms with van der Waals surface area (Å²) in [5, 5.41) is 3.68. The summed E-state index contributed by atoms with van der Waals surface area (Å²) in [6.45, 7) is 11.1. The standard InChI is InChI=1S/C19H31NO2/c1-4-22-18-7-5-17(6-8-18)19(10-13-21-14-11-19)15-20-12-9-16(2)3/h5-8,16,20H,4,9-15H2,1-3H3. The fourth-order valence-electron chi connectivity index (χ4n) is 3.12. The molecule has 124 valence electrons.